The second-order valence-corrected chi connectivity index (χ2v) is 8.75. The van der Waals surface area contributed by atoms with Crippen molar-refractivity contribution >= 4 is 11.9 Å². The van der Waals surface area contributed by atoms with Crippen LogP contribution >= 0.6 is 0 Å². The summed E-state index contributed by atoms with van der Waals surface area (Å²) in [6, 6.07) is 8.35. The van der Waals surface area contributed by atoms with Gasteiger partial charge in [0.1, 0.15) is 0 Å². The highest BCUT2D eigenvalue weighted by Crippen LogP contribution is 2.26. The van der Waals surface area contributed by atoms with Crippen LogP contribution in [0, 0.1) is 12.8 Å². The van der Waals surface area contributed by atoms with Crippen molar-refractivity contribution in [2.45, 2.75) is 77.8 Å². The summed E-state index contributed by atoms with van der Waals surface area (Å²) in [7, 11) is 0. The minimum absolute atomic E-state index is 0.00476. The zero-order valence-electron chi connectivity index (χ0n) is 17.4. The van der Waals surface area contributed by atoms with Crippen LogP contribution in [0.5, 0.6) is 0 Å². The molecule has 5 nitrogen and oxygen atoms in total. The normalized spacial score (nSPS) is 20.2. The van der Waals surface area contributed by atoms with Crippen molar-refractivity contribution in [2.75, 3.05) is 6.54 Å². The third kappa shape index (κ3) is 6.26. The highest BCUT2D eigenvalue weighted by Gasteiger charge is 2.29. The number of carbonyl (C=O) groups is 2. The Kier molecular flexibility index (Phi) is 7.28. The molecule has 2 atom stereocenters. The van der Waals surface area contributed by atoms with E-state index in [9.17, 15) is 9.59 Å². The minimum Gasteiger partial charge on any atom is -0.354 e. The molecule has 1 aliphatic carbocycles. The summed E-state index contributed by atoms with van der Waals surface area (Å²) in [6.07, 6.45) is 3.52. The minimum atomic E-state index is -0.147. The number of amides is 3. The Morgan fingerprint density at radius 3 is 2.56 bits per heavy atom. The summed E-state index contributed by atoms with van der Waals surface area (Å²) in [4.78, 5) is 24.7. The van der Waals surface area contributed by atoms with Gasteiger partial charge in [0.25, 0.3) is 0 Å². The van der Waals surface area contributed by atoms with Crippen molar-refractivity contribution in [2.24, 2.45) is 5.92 Å². The van der Waals surface area contributed by atoms with Gasteiger partial charge in [0, 0.05) is 30.0 Å². The van der Waals surface area contributed by atoms with Crippen LogP contribution in [-0.4, -0.2) is 30.6 Å². The lowest BCUT2D eigenvalue weighted by atomic mass is 9.82. The molecule has 3 N–H and O–H groups in total. The molecule has 0 bridgehead atoms. The van der Waals surface area contributed by atoms with Crippen LogP contribution in [0.15, 0.2) is 24.3 Å². The van der Waals surface area contributed by atoms with Crippen molar-refractivity contribution < 1.29 is 9.59 Å². The molecule has 0 saturated heterocycles. The van der Waals surface area contributed by atoms with Crippen molar-refractivity contribution in [1.82, 2.24) is 16.0 Å². The third-order valence-electron chi connectivity index (χ3n) is 5.38. The van der Waals surface area contributed by atoms with Crippen LogP contribution in [0.2, 0.25) is 0 Å². The monoisotopic (exact) mass is 373 g/mol. The molecule has 0 aromatic heterocycles. The van der Waals surface area contributed by atoms with Crippen LogP contribution in [0.3, 0.4) is 0 Å². The molecular formula is C22H35N3O2. The molecule has 0 heterocycles. The number of benzene rings is 1. The van der Waals surface area contributed by atoms with E-state index >= 15 is 0 Å². The molecule has 0 aliphatic heterocycles. The second-order valence-electron chi connectivity index (χ2n) is 8.75. The summed E-state index contributed by atoms with van der Waals surface area (Å²) in [5, 5.41) is 9.07. The van der Waals surface area contributed by atoms with E-state index < -0.39 is 0 Å². The summed E-state index contributed by atoms with van der Waals surface area (Å²) in [5.41, 5.74) is 2.33. The zero-order chi connectivity index (χ0) is 20.0. The van der Waals surface area contributed by atoms with Gasteiger partial charge in [-0.2, -0.15) is 0 Å². The Balaban J connectivity index is 1.84. The van der Waals surface area contributed by atoms with Crippen molar-refractivity contribution in [3.05, 3.63) is 35.4 Å². The Morgan fingerprint density at radius 1 is 1.19 bits per heavy atom. The van der Waals surface area contributed by atoms with Crippen molar-refractivity contribution in [3.8, 4) is 0 Å². The highest BCUT2D eigenvalue weighted by molar-refractivity contribution is 5.79. The maximum absolute atomic E-state index is 12.4. The van der Waals surface area contributed by atoms with E-state index in [0.29, 0.717) is 13.0 Å². The van der Waals surface area contributed by atoms with Crippen LogP contribution in [0.4, 0.5) is 4.79 Å². The maximum Gasteiger partial charge on any atom is 0.315 e. The number of hydrogen-bond acceptors (Lipinski definition) is 2. The van der Waals surface area contributed by atoms with Crippen LogP contribution in [0.25, 0.3) is 0 Å². The summed E-state index contributed by atoms with van der Waals surface area (Å²) >= 11 is 0. The fourth-order valence-electron chi connectivity index (χ4n) is 3.93. The molecule has 2 unspecified atom stereocenters. The van der Waals surface area contributed by atoms with Crippen molar-refractivity contribution in [1.29, 1.82) is 0 Å². The van der Waals surface area contributed by atoms with Crippen LogP contribution in [0.1, 0.15) is 64.5 Å². The van der Waals surface area contributed by atoms with Gasteiger partial charge in [-0.15, -0.1) is 0 Å². The standard InChI is InChI=1S/C22H35N3O2/c1-15(2)24-20(26)17-10-8-11-18(13-17)25-21(27)23-14-22(4,5)19-12-7-6-9-16(19)3/h6-7,9,12,15,17-18H,8,10-11,13-14H2,1-5H3,(H,24,26)(H2,23,25,27). The molecule has 5 heteroatoms. The molecule has 1 aromatic carbocycles. The Labute approximate surface area is 163 Å². The lowest BCUT2D eigenvalue weighted by Crippen LogP contribution is -2.48. The first-order chi connectivity index (χ1) is 12.7. The molecular weight excluding hydrogens is 338 g/mol. The van der Waals surface area contributed by atoms with E-state index in [1.165, 1.54) is 11.1 Å². The van der Waals surface area contributed by atoms with Crippen molar-refractivity contribution in [3.63, 3.8) is 0 Å². The SMILES string of the molecule is Cc1ccccc1C(C)(C)CNC(=O)NC1CCCC(C(=O)NC(C)C)C1. The summed E-state index contributed by atoms with van der Waals surface area (Å²) in [5.74, 6) is 0.104. The zero-order valence-corrected chi connectivity index (χ0v) is 17.4. The Morgan fingerprint density at radius 2 is 1.89 bits per heavy atom. The van der Waals surface area contributed by atoms with Gasteiger partial charge >= 0.3 is 6.03 Å². The average molecular weight is 374 g/mol. The Hall–Kier alpha value is -2.04. The highest BCUT2D eigenvalue weighted by atomic mass is 16.2. The van der Waals surface area contributed by atoms with Crippen LogP contribution < -0.4 is 16.0 Å². The predicted molar refractivity (Wildman–Crippen MR) is 110 cm³/mol. The number of carbonyl (C=O) groups excluding carboxylic acids is 2. The Bertz CT molecular complexity index is 655. The molecule has 150 valence electrons. The van der Waals surface area contributed by atoms with Gasteiger partial charge in [0.2, 0.25) is 5.91 Å². The number of aryl methyl sites for hydroxylation is 1. The maximum atomic E-state index is 12.4. The van der Waals surface area contributed by atoms with E-state index in [-0.39, 0.29) is 35.4 Å². The first-order valence-electron chi connectivity index (χ1n) is 10.1. The van der Waals surface area contributed by atoms with Gasteiger partial charge in [-0.05, 0) is 51.2 Å². The fourth-order valence-corrected chi connectivity index (χ4v) is 3.93. The smallest absolute Gasteiger partial charge is 0.315 e. The predicted octanol–water partition coefficient (Wildman–Crippen LogP) is 3.66. The first-order valence-corrected chi connectivity index (χ1v) is 10.1. The quantitative estimate of drug-likeness (QED) is 0.712. The second kappa shape index (κ2) is 9.25. The largest absolute Gasteiger partial charge is 0.354 e. The van der Waals surface area contributed by atoms with E-state index in [1.807, 2.05) is 26.0 Å². The molecule has 1 fully saturated rings. The molecule has 1 aromatic rings. The van der Waals surface area contributed by atoms with Gasteiger partial charge in [-0.25, -0.2) is 4.79 Å². The van der Waals surface area contributed by atoms with Gasteiger partial charge in [-0.1, -0.05) is 44.5 Å². The molecule has 27 heavy (non-hydrogen) atoms. The average Bonchev–Trinajstić information content (AvgIpc) is 2.60. The number of rotatable bonds is 6. The van der Waals surface area contributed by atoms with E-state index in [0.717, 1.165) is 19.3 Å². The van der Waals surface area contributed by atoms with E-state index in [1.54, 1.807) is 0 Å². The van der Waals surface area contributed by atoms with Gasteiger partial charge in [0.15, 0.2) is 0 Å². The number of nitrogens with one attached hydrogen (secondary N) is 3. The molecule has 1 saturated carbocycles. The van der Waals surface area contributed by atoms with Gasteiger partial charge in [-0.3, -0.25) is 4.79 Å². The topological polar surface area (TPSA) is 70.2 Å². The molecule has 2 rings (SSSR count). The molecule has 1 aliphatic rings. The first kappa shape index (κ1) is 21.3. The molecule has 0 radical (unpaired) electrons. The van der Waals surface area contributed by atoms with Gasteiger partial charge < -0.3 is 16.0 Å². The van der Waals surface area contributed by atoms with E-state index in [4.69, 9.17) is 0 Å². The summed E-state index contributed by atoms with van der Waals surface area (Å²) < 4.78 is 0. The molecule has 3 amide bonds. The number of hydrogen-bond donors (Lipinski definition) is 3. The lowest BCUT2D eigenvalue weighted by Gasteiger charge is -2.31. The molecule has 0 spiro atoms. The number of urea groups is 1. The fraction of sp³-hybridized carbons (Fsp3) is 0.636. The summed E-state index contributed by atoms with van der Waals surface area (Å²) in [6.45, 7) is 10.9. The van der Waals surface area contributed by atoms with Gasteiger partial charge in [0.05, 0.1) is 0 Å². The lowest BCUT2D eigenvalue weighted by molar-refractivity contribution is -0.126. The third-order valence-corrected chi connectivity index (χ3v) is 5.38. The van der Waals surface area contributed by atoms with Crippen LogP contribution in [-0.2, 0) is 10.2 Å². The van der Waals surface area contributed by atoms with E-state index in [2.05, 4.69) is 48.9 Å².